The molecule has 0 bridgehead atoms. The first-order chi connectivity index (χ1) is 14.8. The Morgan fingerprint density at radius 3 is 1.31 bits per heavy atom. The zero-order valence-electron chi connectivity index (χ0n) is 15.9. The molecule has 12 heteroatoms. The van der Waals surface area contributed by atoms with Crippen LogP contribution in [0.1, 0.15) is 35.1 Å². The molecule has 0 heterocycles. The van der Waals surface area contributed by atoms with Gasteiger partial charge in [0, 0.05) is 11.1 Å². The van der Waals surface area contributed by atoms with Gasteiger partial charge in [0.25, 0.3) is 0 Å². The van der Waals surface area contributed by atoms with E-state index in [9.17, 15) is 44.7 Å². The van der Waals surface area contributed by atoms with Gasteiger partial charge in [0.2, 0.25) is 0 Å². The fourth-order valence-corrected chi connectivity index (χ4v) is 2.60. The van der Waals surface area contributed by atoms with E-state index in [0.717, 1.165) is 24.3 Å². The molecule has 0 radical (unpaired) electrons. The zero-order chi connectivity index (χ0) is 24.1. The molecule has 0 aliphatic carbocycles. The van der Waals surface area contributed by atoms with Crippen LogP contribution in [-0.4, -0.2) is 11.9 Å². The van der Waals surface area contributed by atoms with E-state index in [1.54, 1.807) is 0 Å². The number of esters is 2. The molecule has 4 nitrogen and oxygen atoms in total. The second kappa shape index (κ2) is 9.96. The lowest BCUT2D eigenvalue weighted by Gasteiger charge is -2.14. The van der Waals surface area contributed by atoms with Crippen LogP contribution in [0.5, 0.6) is 0 Å². The molecule has 2 aromatic rings. The lowest BCUT2D eigenvalue weighted by Crippen LogP contribution is -2.16. The van der Waals surface area contributed by atoms with Crippen molar-refractivity contribution in [2.75, 3.05) is 0 Å². The lowest BCUT2D eigenvalue weighted by atomic mass is 10.1. The van der Waals surface area contributed by atoms with E-state index >= 15 is 0 Å². The number of carbonyl (C=O) groups is 2. The summed E-state index contributed by atoms with van der Waals surface area (Å²) in [5.74, 6) is -4.87. The average Bonchev–Trinajstić information content (AvgIpc) is 2.68. The number of ether oxygens (including phenoxy) is 2. The summed E-state index contributed by atoms with van der Waals surface area (Å²) in [6.07, 6.45) is -11.2. The summed E-state index contributed by atoms with van der Waals surface area (Å²) in [5, 5.41) is 0. The lowest BCUT2D eigenvalue weighted by molar-refractivity contribution is -0.153. The van der Waals surface area contributed by atoms with Crippen LogP contribution in [0.2, 0.25) is 0 Å². The highest BCUT2D eigenvalue weighted by molar-refractivity contribution is 5.77. The molecule has 2 aromatic carbocycles. The molecule has 0 saturated heterocycles. The number of hydrogen-bond acceptors (Lipinski definition) is 4. The van der Waals surface area contributed by atoms with Crippen molar-refractivity contribution in [2.45, 2.75) is 38.4 Å². The molecular weight excluding hydrogens is 456 g/mol. The average molecular weight is 470 g/mol. The number of halogens is 8. The first kappa shape index (κ1) is 25.1. The number of hydrogen-bond donors (Lipinski definition) is 0. The Morgan fingerprint density at radius 1 is 0.656 bits per heavy atom. The summed E-state index contributed by atoms with van der Waals surface area (Å²) in [6.45, 7) is -2.11. The zero-order valence-corrected chi connectivity index (χ0v) is 15.9. The highest BCUT2D eigenvalue weighted by Crippen LogP contribution is 2.34. The molecule has 0 N–H and O–H groups in total. The summed E-state index contributed by atoms with van der Waals surface area (Å²) in [7, 11) is 0. The van der Waals surface area contributed by atoms with Crippen LogP contribution in [0.4, 0.5) is 35.1 Å². The maximum Gasteiger partial charge on any atom is 0.416 e. The molecule has 174 valence electrons. The molecule has 0 spiro atoms. The normalized spacial score (nSPS) is 11.9. The fourth-order valence-electron chi connectivity index (χ4n) is 2.60. The van der Waals surface area contributed by atoms with Gasteiger partial charge in [-0.3, -0.25) is 9.59 Å². The molecule has 0 atom stereocenters. The van der Waals surface area contributed by atoms with E-state index < -0.39 is 84.2 Å². The molecule has 32 heavy (non-hydrogen) atoms. The third kappa shape index (κ3) is 6.66. The van der Waals surface area contributed by atoms with Crippen LogP contribution in [0.3, 0.4) is 0 Å². The summed E-state index contributed by atoms with van der Waals surface area (Å²) < 4.78 is 114. The quantitative estimate of drug-likeness (QED) is 0.392. The Kier molecular flexibility index (Phi) is 7.81. The summed E-state index contributed by atoms with van der Waals surface area (Å²) in [4.78, 5) is 23.3. The van der Waals surface area contributed by atoms with Gasteiger partial charge in [-0.2, -0.15) is 26.3 Å². The number of benzene rings is 2. The van der Waals surface area contributed by atoms with Crippen molar-refractivity contribution in [3.05, 3.63) is 70.3 Å². The van der Waals surface area contributed by atoms with E-state index in [4.69, 9.17) is 0 Å². The number of alkyl halides is 6. The van der Waals surface area contributed by atoms with Crippen molar-refractivity contribution in [3.63, 3.8) is 0 Å². The highest BCUT2D eigenvalue weighted by Gasteiger charge is 2.35. The fraction of sp³-hybridized carbons (Fsp3) is 0.300. The molecule has 0 aromatic heterocycles. The molecule has 0 saturated carbocycles. The summed E-state index contributed by atoms with van der Waals surface area (Å²) in [6, 6.07) is 4.35. The van der Waals surface area contributed by atoms with Gasteiger partial charge in [0.1, 0.15) is 24.8 Å². The van der Waals surface area contributed by atoms with Crippen molar-refractivity contribution in [2.24, 2.45) is 0 Å². The van der Waals surface area contributed by atoms with Gasteiger partial charge in [-0.25, -0.2) is 8.78 Å². The van der Waals surface area contributed by atoms with Crippen molar-refractivity contribution in [1.29, 1.82) is 0 Å². The topological polar surface area (TPSA) is 52.6 Å². The predicted octanol–water partition coefficient (Wildman–Crippen LogP) is 5.57. The molecule has 0 unspecified atom stereocenters. The van der Waals surface area contributed by atoms with Gasteiger partial charge in [-0.05, 0) is 24.3 Å². The number of rotatable bonds is 7. The molecule has 2 rings (SSSR count). The Hall–Kier alpha value is -3.18. The van der Waals surface area contributed by atoms with Gasteiger partial charge in [0.05, 0.1) is 24.0 Å². The van der Waals surface area contributed by atoms with Crippen LogP contribution in [0.25, 0.3) is 0 Å². The SMILES string of the molecule is O=C(CCC(=O)OCc1c(F)cccc1C(F)(F)F)OCc1c(F)cccc1C(F)(F)F. The molecular formula is C20H14F8O4. The van der Waals surface area contributed by atoms with E-state index in [1.165, 1.54) is 0 Å². The third-order valence-corrected chi connectivity index (χ3v) is 4.14. The Balaban J connectivity index is 1.90. The second-order valence-corrected chi connectivity index (χ2v) is 6.35. The van der Waals surface area contributed by atoms with Crippen LogP contribution < -0.4 is 0 Å². The maximum absolute atomic E-state index is 13.7. The maximum atomic E-state index is 13.7. The van der Waals surface area contributed by atoms with Crippen LogP contribution in [-0.2, 0) is 44.6 Å². The minimum atomic E-state index is -4.89. The predicted molar refractivity (Wildman–Crippen MR) is 91.6 cm³/mol. The second-order valence-electron chi connectivity index (χ2n) is 6.35. The van der Waals surface area contributed by atoms with E-state index in [-0.39, 0.29) is 0 Å². The monoisotopic (exact) mass is 470 g/mol. The summed E-state index contributed by atoms with van der Waals surface area (Å²) >= 11 is 0. The number of carbonyl (C=O) groups excluding carboxylic acids is 2. The molecule has 0 amide bonds. The molecule has 0 aliphatic heterocycles. The highest BCUT2D eigenvalue weighted by atomic mass is 19.4. The smallest absolute Gasteiger partial charge is 0.416 e. The minimum Gasteiger partial charge on any atom is -0.461 e. The summed E-state index contributed by atoms with van der Waals surface area (Å²) in [5.41, 5.74) is -4.49. The van der Waals surface area contributed by atoms with Crippen LogP contribution in [0, 0.1) is 11.6 Å². The first-order valence-corrected chi connectivity index (χ1v) is 8.81. The van der Waals surface area contributed by atoms with Gasteiger partial charge < -0.3 is 9.47 Å². The van der Waals surface area contributed by atoms with E-state index in [2.05, 4.69) is 9.47 Å². The van der Waals surface area contributed by atoms with Gasteiger partial charge >= 0.3 is 24.3 Å². The minimum absolute atomic E-state index is 0.599. The van der Waals surface area contributed by atoms with Crippen LogP contribution in [0.15, 0.2) is 36.4 Å². The Morgan fingerprint density at radius 2 is 1.00 bits per heavy atom. The largest absolute Gasteiger partial charge is 0.461 e. The van der Waals surface area contributed by atoms with Crippen molar-refractivity contribution in [3.8, 4) is 0 Å². The first-order valence-electron chi connectivity index (χ1n) is 8.81. The molecule has 0 fully saturated rings. The third-order valence-electron chi connectivity index (χ3n) is 4.14. The van der Waals surface area contributed by atoms with Crippen molar-refractivity contribution < 1.29 is 54.2 Å². The van der Waals surface area contributed by atoms with Crippen LogP contribution >= 0.6 is 0 Å². The van der Waals surface area contributed by atoms with E-state index in [0.29, 0.717) is 12.1 Å². The van der Waals surface area contributed by atoms with Gasteiger partial charge in [-0.1, -0.05) is 12.1 Å². The van der Waals surface area contributed by atoms with Crippen molar-refractivity contribution >= 4 is 11.9 Å². The molecule has 0 aliphatic rings. The van der Waals surface area contributed by atoms with Gasteiger partial charge in [-0.15, -0.1) is 0 Å². The van der Waals surface area contributed by atoms with Gasteiger partial charge in [0.15, 0.2) is 0 Å². The Labute approximate surface area is 175 Å². The van der Waals surface area contributed by atoms with Crippen molar-refractivity contribution in [1.82, 2.24) is 0 Å². The van der Waals surface area contributed by atoms with E-state index in [1.807, 2.05) is 0 Å². The standard InChI is InChI=1S/C20H14F8O4/c21-15-5-1-3-13(19(23,24)25)11(15)9-31-17(29)7-8-18(30)32-10-12-14(20(26,27)28)4-2-6-16(12)22/h1-6H,7-10H2. The Bertz CT molecular complexity index is 903.